The second kappa shape index (κ2) is 4.77. The number of carboxylic acids is 1. The average Bonchev–Trinajstić information content (AvgIpc) is 2.90. The maximum absolute atomic E-state index is 11.7. The van der Waals surface area contributed by atoms with Gasteiger partial charge in [-0.1, -0.05) is 18.2 Å². The van der Waals surface area contributed by atoms with Crippen molar-refractivity contribution in [2.24, 2.45) is 5.41 Å². The van der Waals surface area contributed by atoms with Crippen molar-refractivity contribution in [2.45, 2.75) is 29.4 Å². The fourth-order valence-electron chi connectivity index (χ4n) is 3.14. The molecule has 0 bridgehead atoms. The maximum atomic E-state index is 11.7. The molecule has 20 heavy (non-hydrogen) atoms. The van der Waals surface area contributed by atoms with E-state index in [0.717, 1.165) is 6.42 Å². The van der Waals surface area contributed by atoms with Crippen LogP contribution in [-0.2, 0) is 21.1 Å². The van der Waals surface area contributed by atoms with E-state index >= 15 is 0 Å². The van der Waals surface area contributed by atoms with Crippen molar-refractivity contribution >= 4 is 27.6 Å². The van der Waals surface area contributed by atoms with Gasteiger partial charge in [0.25, 0.3) is 0 Å². The summed E-state index contributed by atoms with van der Waals surface area (Å²) in [5.41, 5.74) is 0.155. The molecule has 0 amide bonds. The molecule has 6 heteroatoms. The minimum Gasteiger partial charge on any atom is -0.481 e. The molecule has 4 nitrogen and oxygen atoms in total. The molecule has 2 aliphatic heterocycles. The molecule has 0 radical (unpaired) electrons. The highest BCUT2D eigenvalue weighted by Crippen LogP contribution is 2.45. The Hall–Kier alpha value is -1.01. The number of aliphatic carboxylic acids is 1. The molecular weight excluding hydrogens is 296 g/mol. The fourth-order valence-corrected chi connectivity index (χ4v) is 6.69. The molecule has 1 aromatic rings. The molecular formula is C14H16O4S2. The van der Waals surface area contributed by atoms with Crippen LogP contribution in [0.4, 0.5) is 0 Å². The number of hydrogen-bond donors (Lipinski definition) is 1. The molecule has 3 rings (SSSR count). The van der Waals surface area contributed by atoms with Gasteiger partial charge in [0.2, 0.25) is 0 Å². The standard InChI is InChI=1S/C14H16O4S2/c15-13(16)14(5-6-20(17,18)9-14)8-11-7-10-3-1-2-4-12(10)19-11/h1-4,11H,5-9H2,(H,15,16). The summed E-state index contributed by atoms with van der Waals surface area (Å²) in [6, 6.07) is 8.05. The average molecular weight is 312 g/mol. The first-order chi connectivity index (χ1) is 9.40. The fraction of sp³-hybridized carbons (Fsp3) is 0.500. The Bertz CT molecular complexity index is 628. The van der Waals surface area contributed by atoms with Gasteiger partial charge in [-0.3, -0.25) is 4.79 Å². The number of carbonyl (C=O) groups is 1. The number of hydrogen-bond acceptors (Lipinski definition) is 4. The van der Waals surface area contributed by atoms with Crippen LogP contribution in [0.5, 0.6) is 0 Å². The van der Waals surface area contributed by atoms with E-state index in [4.69, 9.17) is 0 Å². The third-order valence-electron chi connectivity index (χ3n) is 4.17. The molecule has 0 saturated carbocycles. The molecule has 0 aliphatic carbocycles. The molecule has 0 spiro atoms. The molecule has 1 saturated heterocycles. The topological polar surface area (TPSA) is 71.4 Å². The van der Waals surface area contributed by atoms with E-state index in [1.165, 1.54) is 10.5 Å². The van der Waals surface area contributed by atoms with E-state index in [9.17, 15) is 18.3 Å². The van der Waals surface area contributed by atoms with Crippen LogP contribution in [0.15, 0.2) is 29.2 Å². The lowest BCUT2D eigenvalue weighted by Gasteiger charge is -2.25. The minimum absolute atomic E-state index is 0.00361. The third kappa shape index (κ3) is 2.46. The summed E-state index contributed by atoms with van der Waals surface area (Å²) in [6.45, 7) is 0. The molecule has 108 valence electrons. The normalized spacial score (nSPS) is 31.1. The predicted octanol–water partition coefficient (Wildman–Crippen LogP) is 1.98. The highest BCUT2D eigenvalue weighted by Gasteiger charge is 2.50. The van der Waals surface area contributed by atoms with Crippen LogP contribution in [-0.4, -0.2) is 36.2 Å². The van der Waals surface area contributed by atoms with Gasteiger partial charge in [0.1, 0.15) is 0 Å². The number of sulfone groups is 1. The van der Waals surface area contributed by atoms with Gasteiger partial charge in [0.15, 0.2) is 9.84 Å². The monoisotopic (exact) mass is 312 g/mol. The quantitative estimate of drug-likeness (QED) is 0.924. The zero-order valence-electron chi connectivity index (χ0n) is 10.9. The first-order valence-electron chi connectivity index (χ1n) is 6.59. The number of fused-ring (bicyclic) bond motifs is 1. The Labute approximate surface area is 122 Å². The van der Waals surface area contributed by atoms with Gasteiger partial charge < -0.3 is 5.11 Å². The van der Waals surface area contributed by atoms with E-state index in [2.05, 4.69) is 6.07 Å². The summed E-state index contributed by atoms with van der Waals surface area (Å²) in [7, 11) is -3.20. The molecule has 1 aromatic carbocycles. The number of benzene rings is 1. The lowest BCUT2D eigenvalue weighted by Crippen LogP contribution is -2.35. The Morgan fingerprint density at radius 2 is 2.15 bits per heavy atom. The highest BCUT2D eigenvalue weighted by atomic mass is 32.2. The number of carboxylic acid groups (broad SMARTS) is 1. The van der Waals surface area contributed by atoms with Crippen LogP contribution in [0.25, 0.3) is 0 Å². The maximum Gasteiger partial charge on any atom is 0.310 e. The van der Waals surface area contributed by atoms with Crippen LogP contribution in [0.2, 0.25) is 0 Å². The van der Waals surface area contributed by atoms with Crippen LogP contribution in [0.1, 0.15) is 18.4 Å². The van der Waals surface area contributed by atoms with Crippen LogP contribution in [0.3, 0.4) is 0 Å². The van der Waals surface area contributed by atoms with Gasteiger partial charge in [-0.15, -0.1) is 11.8 Å². The first kappa shape index (κ1) is 13.9. The lowest BCUT2D eigenvalue weighted by molar-refractivity contribution is -0.147. The molecule has 2 unspecified atom stereocenters. The van der Waals surface area contributed by atoms with Gasteiger partial charge >= 0.3 is 5.97 Å². The van der Waals surface area contributed by atoms with Crippen LogP contribution < -0.4 is 0 Å². The molecule has 1 N–H and O–H groups in total. The highest BCUT2D eigenvalue weighted by molar-refractivity contribution is 8.00. The number of thioether (sulfide) groups is 1. The second-order valence-corrected chi connectivity index (χ2v) is 9.21. The molecule has 2 heterocycles. The van der Waals surface area contributed by atoms with Crippen LogP contribution in [0, 0.1) is 5.41 Å². The number of rotatable bonds is 3. The van der Waals surface area contributed by atoms with Gasteiger partial charge in [-0.05, 0) is 30.9 Å². The molecule has 2 aliphatic rings. The minimum atomic E-state index is -3.20. The van der Waals surface area contributed by atoms with E-state index in [0.29, 0.717) is 6.42 Å². The summed E-state index contributed by atoms with van der Waals surface area (Å²) in [4.78, 5) is 12.8. The third-order valence-corrected chi connectivity index (χ3v) is 7.31. The summed E-state index contributed by atoms with van der Waals surface area (Å²) < 4.78 is 23.3. The second-order valence-electron chi connectivity index (χ2n) is 5.68. The van der Waals surface area contributed by atoms with E-state index < -0.39 is 21.2 Å². The van der Waals surface area contributed by atoms with Crippen molar-refractivity contribution in [1.29, 1.82) is 0 Å². The molecule has 1 fully saturated rings. The molecule has 0 aromatic heterocycles. The smallest absolute Gasteiger partial charge is 0.310 e. The van der Waals surface area contributed by atoms with Crippen LogP contribution >= 0.6 is 11.8 Å². The zero-order chi connectivity index (χ0) is 14.4. The van der Waals surface area contributed by atoms with Gasteiger partial charge in [0.05, 0.1) is 16.9 Å². The summed E-state index contributed by atoms with van der Waals surface area (Å²) in [6.07, 6.45) is 1.51. The Morgan fingerprint density at radius 3 is 2.75 bits per heavy atom. The van der Waals surface area contributed by atoms with Crippen molar-refractivity contribution in [3.63, 3.8) is 0 Å². The zero-order valence-corrected chi connectivity index (χ0v) is 12.5. The van der Waals surface area contributed by atoms with Gasteiger partial charge in [-0.2, -0.15) is 0 Å². The Morgan fingerprint density at radius 1 is 1.40 bits per heavy atom. The summed E-state index contributed by atoms with van der Waals surface area (Å²) >= 11 is 1.68. The molecule has 2 atom stereocenters. The van der Waals surface area contributed by atoms with E-state index in [1.807, 2.05) is 18.2 Å². The Balaban J connectivity index is 1.79. The SMILES string of the molecule is O=C(O)C1(CC2Cc3ccccc3S2)CCS(=O)(=O)C1. The Kier molecular flexibility index (Phi) is 3.33. The van der Waals surface area contributed by atoms with E-state index in [-0.39, 0.29) is 23.2 Å². The summed E-state index contributed by atoms with van der Waals surface area (Å²) in [5, 5.41) is 9.66. The first-order valence-corrected chi connectivity index (χ1v) is 9.29. The van der Waals surface area contributed by atoms with Gasteiger partial charge in [0, 0.05) is 10.1 Å². The summed E-state index contributed by atoms with van der Waals surface area (Å²) in [5.74, 6) is -1.16. The van der Waals surface area contributed by atoms with Crippen molar-refractivity contribution in [1.82, 2.24) is 0 Å². The van der Waals surface area contributed by atoms with Crippen molar-refractivity contribution in [2.75, 3.05) is 11.5 Å². The largest absolute Gasteiger partial charge is 0.481 e. The van der Waals surface area contributed by atoms with Crippen molar-refractivity contribution in [3.05, 3.63) is 29.8 Å². The van der Waals surface area contributed by atoms with E-state index in [1.54, 1.807) is 11.8 Å². The van der Waals surface area contributed by atoms with Crippen molar-refractivity contribution in [3.8, 4) is 0 Å². The van der Waals surface area contributed by atoms with Crippen molar-refractivity contribution < 1.29 is 18.3 Å². The predicted molar refractivity (Wildman–Crippen MR) is 77.7 cm³/mol. The van der Waals surface area contributed by atoms with Gasteiger partial charge in [-0.25, -0.2) is 8.42 Å². The lowest BCUT2D eigenvalue weighted by atomic mass is 9.82.